The van der Waals surface area contributed by atoms with Gasteiger partial charge in [-0.3, -0.25) is 0 Å². The molecule has 2 aliphatic rings. The van der Waals surface area contributed by atoms with Gasteiger partial charge in [-0.15, -0.1) is 11.3 Å². The van der Waals surface area contributed by atoms with E-state index in [4.69, 9.17) is 11.6 Å². The van der Waals surface area contributed by atoms with Crippen LogP contribution in [-0.4, -0.2) is 28.0 Å². The van der Waals surface area contributed by atoms with Crippen LogP contribution < -0.4 is 5.32 Å². The van der Waals surface area contributed by atoms with Crippen molar-refractivity contribution in [3.05, 3.63) is 15.5 Å². The highest BCUT2D eigenvalue weighted by Gasteiger charge is 2.51. The Morgan fingerprint density at radius 2 is 2.47 bits per heavy atom. The number of aromatic nitrogens is 1. The molecule has 80 valence electrons. The van der Waals surface area contributed by atoms with Crippen LogP contribution in [0.25, 0.3) is 0 Å². The van der Waals surface area contributed by atoms with E-state index in [1.165, 1.54) is 11.3 Å². The second kappa shape index (κ2) is 3.09. The maximum absolute atomic E-state index is 11.6. The van der Waals surface area contributed by atoms with Gasteiger partial charge in [-0.1, -0.05) is 11.6 Å². The predicted molar refractivity (Wildman–Crippen MR) is 58.0 cm³/mol. The highest BCUT2D eigenvalue weighted by Crippen LogP contribution is 2.40. The number of hydrogen-bond donors (Lipinski definition) is 1. The number of thiazole rings is 1. The average Bonchev–Trinajstić information content (AvgIpc) is 2.67. The van der Waals surface area contributed by atoms with Crippen molar-refractivity contribution >= 4 is 29.0 Å². The molecule has 0 atom stereocenters. The van der Waals surface area contributed by atoms with Crippen LogP contribution in [0.5, 0.6) is 0 Å². The summed E-state index contributed by atoms with van der Waals surface area (Å²) in [7, 11) is 0. The standard InChI is InChI=1S/C9H10ClN3OS/c10-7-11-3-6(15-7)4-13-5-9(1-2-9)12-8(13)14/h3H,1-2,4-5H2,(H,12,14). The smallest absolute Gasteiger partial charge is 0.318 e. The second-order valence-electron chi connectivity index (χ2n) is 4.15. The summed E-state index contributed by atoms with van der Waals surface area (Å²) in [5.41, 5.74) is 0.103. The summed E-state index contributed by atoms with van der Waals surface area (Å²) in [4.78, 5) is 18.4. The Balaban J connectivity index is 1.71. The zero-order valence-electron chi connectivity index (χ0n) is 7.99. The molecule has 2 heterocycles. The summed E-state index contributed by atoms with van der Waals surface area (Å²) in [5.74, 6) is 0. The molecule has 1 spiro atoms. The summed E-state index contributed by atoms with van der Waals surface area (Å²) >= 11 is 7.17. The largest absolute Gasteiger partial charge is 0.331 e. The number of hydrogen-bond acceptors (Lipinski definition) is 3. The maximum atomic E-state index is 11.6. The predicted octanol–water partition coefficient (Wildman–Crippen LogP) is 1.85. The topological polar surface area (TPSA) is 45.2 Å². The van der Waals surface area contributed by atoms with Crippen LogP contribution in [0, 0.1) is 0 Å². The van der Waals surface area contributed by atoms with Gasteiger partial charge in [0.1, 0.15) is 0 Å². The first-order valence-electron chi connectivity index (χ1n) is 4.84. The lowest BCUT2D eigenvalue weighted by Gasteiger charge is -2.12. The maximum Gasteiger partial charge on any atom is 0.318 e. The summed E-state index contributed by atoms with van der Waals surface area (Å²) in [6, 6.07) is 0.0389. The van der Waals surface area contributed by atoms with Gasteiger partial charge in [0.2, 0.25) is 0 Å². The van der Waals surface area contributed by atoms with E-state index in [2.05, 4.69) is 10.3 Å². The van der Waals surface area contributed by atoms with Crippen LogP contribution in [0.15, 0.2) is 6.20 Å². The lowest BCUT2D eigenvalue weighted by molar-refractivity contribution is 0.216. The third-order valence-electron chi connectivity index (χ3n) is 2.88. The van der Waals surface area contributed by atoms with Crippen LogP contribution in [0.3, 0.4) is 0 Å². The molecule has 0 aromatic carbocycles. The molecule has 6 heteroatoms. The number of halogens is 1. The molecule has 1 aromatic heterocycles. The van der Waals surface area contributed by atoms with Crippen LogP contribution in [0.2, 0.25) is 4.47 Å². The Labute approximate surface area is 96.2 Å². The SMILES string of the molecule is O=C1NC2(CC2)CN1Cc1cnc(Cl)s1. The van der Waals surface area contributed by atoms with Gasteiger partial charge < -0.3 is 10.2 Å². The van der Waals surface area contributed by atoms with Crippen molar-refractivity contribution in [1.82, 2.24) is 15.2 Å². The quantitative estimate of drug-likeness (QED) is 0.862. The van der Waals surface area contributed by atoms with Crippen molar-refractivity contribution in [3.8, 4) is 0 Å². The molecule has 1 aromatic rings. The van der Waals surface area contributed by atoms with Gasteiger partial charge in [0.15, 0.2) is 4.47 Å². The van der Waals surface area contributed by atoms with Crippen molar-refractivity contribution in [2.24, 2.45) is 0 Å². The minimum Gasteiger partial charge on any atom is -0.331 e. The van der Waals surface area contributed by atoms with Gasteiger partial charge in [0.05, 0.1) is 12.1 Å². The molecule has 0 radical (unpaired) electrons. The van der Waals surface area contributed by atoms with Crippen molar-refractivity contribution in [1.29, 1.82) is 0 Å². The van der Waals surface area contributed by atoms with Crippen molar-refractivity contribution in [3.63, 3.8) is 0 Å². The molecule has 1 saturated carbocycles. The van der Waals surface area contributed by atoms with Gasteiger partial charge in [-0.05, 0) is 12.8 Å². The fourth-order valence-electron chi connectivity index (χ4n) is 1.89. The van der Waals surface area contributed by atoms with Crippen molar-refractivity contribution in [2.45, 2.75) is 24.9 Å². The summed E-state index contributed by atoms with van der Waals surface area (Å²) < 4.78 is 0.533. The van der Waals surface area contributed by atoms with Gasteiger partial charge >= 0.3 is 6.03 Å². The molecule has 0 bridgehead atoms. The minimum atomic E-state index is 0.0389. The lowest BCUT2D eigenvalue weighted by atomic mass is 10.3. The number of nitrogens with zero attached hydrogens (tertiary/aromatic N) is 2. The average molecular weight is 244 g/mol. The highest BCUT2D eigenvalue weighted by atomic mass is 35.5. The molecule has 1 aliphatic carbocycles. The van der Waals surface area contributed by atoms with E-state index in [9.17, 15) is 4.79 Å². The minimum absolute atomic E-state index is 0.0389. The Morgan fingerprint density at radius 1 is 1.67 bits per heavy atom. The highest BCUT2D eigenvalue weighted by molar-refractivity contribution is 7.15. The first kappa shape index (κ1) is 9.42. The number of carbonyl (C=O) groups excluding carboxylic acids is 1. The third-order valence-corrected chi connectivity index (χ3v) is 3.98. The first-order chi connectivity index (χ1) is 7.17. The zero-order chi connectivity index (χ0) is 10.5. The Kier molecular flexibility index (Phi) is 1.94. The van der Waals surface area contributed by atoms with E-state index >= 15 is 0 Å². The molecule has 1 saturated heterocycles. The van der Waals surface area contributed by atoms with Gasteiger partial charge in [-0.2, -0.15) is 0 Å². The van der Waals surface area contributed by atoms with Crippen molar-refractivity contribution in [2.75, 3.05) is 6.54 Å². The van der Waals surface area contributed by atoms with Crippen LogP contribution in [0.4, 0.5) is 4.79 Å². The Morgan fingerprint density at radius 3 is 3.00 bits per heavy atom. The third kappa shape index (κ3) is 1.70. The second-order valence-corrected chi connectivity index (χ2v) is 5.84. The van der Waals surface area contributed by atoms with E-state index in [0.717, 1.165) is 24.3 Å². The molecule has 15 heavy (non-hydrogen) atoms. The molecule has 0 unspecified atom stereocenters. The van der Waals surface area contributed by atoms with E-state index in [1.54, 1.807) is 6.20 Å². The van der Waals surface area contributed by atoms with Crippen LogP contribution in [-0.2, 0) is 6.54 Å². The van der Waals surface area contributed by atoms with Gasteiger partial charge in [-0.25, -0.2) is 9.78 Å². The fraction of sp³-hybridized carbons (Fsp3) is 0.556. The van der Waals surface area contributed by atoms with Crippen molar-refractivity contribution < 1.29 is 4.79 Å². The first-order valence-corrected chi connectivity index (χ1v) is 6.04. The normalized spacial score (nSPS) is 22.2. The van der Waals surface area contributed by atoms with Gasteiger partial charge in [0.25, 0.3) is 0 Å². The van der Waals surface area contributed by atoms with Gasteiger partial charge in [0, 0.05) is 17.6 Å². The fourth-order valence-corrected chi connectivity index (χ4v) is 2.88. The Bertz CT molecular complexity index is 415. The van der Waals surface area contributed by atoms with Crippen LogP contribution >= 0.6 is 22.9 Å². The number of carbonyl (C=O) groups is 1. The summed E-state index contributed by atoms with van der Waals surface area (Å²) in [6.45, 7) is 1.44. The molecule has 2 fully saturated rings. The summed E-state index contributed by atoms with van der Waals surface area (Å²) in [6.07, 6.45) is 3.95. The molecular weight excluding hydrogens is 234 g/mol. The molecule has 1 aliphatic heterocycles. The molecule has 4 nitrogen and oxygen atoms in total. The molecule has 2 amide bonds. The lowest BCUT2D eigenvalue weighted by Crippen LogP contribution is -2.28. The van der Waals surface area contributed by atoms with Crippen LogP contribution in [0.1, 0.15) is 17.7 Å². The molecule has 1 N–H and O–H groups in total. The van der Waals surface area contributed by atoms with E-state index in [-0.39, 0.29) is 11.6 Å². The monoisotopic (exact) mass is 243 g/mol. The molecule has 3 rings (SSSR count). The molecular formula is C9H10ClN3OS. The van der Waals surface area contributed by atoms with E-state index in [1.807, 2.05) is 4.90 Å². The number of urea groups is 1. The number of nitrogens with one attached hydrogen (secondary N) is 1. The number of rotatable bonds is 2. The summed E-state index contributed by atoms with van der Waals surface area (Å²) in [5, 5.41) is 3.02. The van der Waals surface area contributed by atoms with E-state index < -0.39 is 0 Å². The van der Waals surface area contributed by atoms with E-state index in [0.29, 0.717) is 11.0 Å². The zero-order valence-corrected chi connectivity index (χ0v) is 9.57. The Hall–Kier alpha value is -0.810. The number of amides is 2.